The number of fused-ring (bicyclic) bond motifs is 1. The molecule has 124 valence electrons. The van der Waals surface area contributed by atoms with E-state index >= 15 is 0 Å². The van der Waals surface area contributed by atoms with Gasteiger partial charge in [-0.05, 0) is 42.7 Å². The predicted molar refractivity (Wildman–Crippen MR) is 93.5 cm³/mol. The third kappa shape index (κ3) is 3.25. The van der Waals surface area contributed by atoms with Gasteiger partial charge in [-0.25, -0.2) is 0 Å². The van der Waals surface area contributed by atoms with Gasteiger partial charge in [0.2, 0.25) is 5.91 Å². The molecule has 0 aromatic heterocycles. The molecule has 3 rings (SSSR count). The van der Waals surface area contributed by atoms with Crippen molar-refractivity contribution in [3.8, 4) is 5.75 Å². The lowest BCUT2D eigenvalue weighted by atomic mass is 10.1. The zero-order valence-electron chi connectivity index (χ0n) is 13.8. The number of hydrogen-bond donors (Lipinski definition) is 1. The van der Waals surface area contributed by atoms with E-state index in [0.717, 1.165) is 23.2 Å². The van der Waals surface area contributed by atoms with Crippen molar-refractivity contribution >= 4 is 23.2 Å². The van der Waals surface area contributed by atoms with Crippen LogP contribution in [0.4, 0.5) is 11.4 Å². The monoisotopic (exact) mass is 324 g/mol. The number of nitrogens with zero attached hydrogens (tertiary/aromatic N) is 1. The quantitative estimate of drug-likeness (QED) is 0.941. The largest absolute Gasteiger partial charge is 0.482 e. The lowest BCUT2D eigenvalue weighted by molar-refractivity contribution is -0.123. The maximum atomic E-state index is 12.4. The average Bonchev–Trinajstić information content (AvgIpc) is 2.58. The summed E-state index contributed by atoms with van der Waals surface area (Å²) < 4.78 is 5.43. The van der Waals surface area contributed by atoms with Crippen LogP contribution in [0, 0.1) is 6.92 Å². The molecule has 1 heterocycles. The minimum atomic E-state index is -0.224. The van der Waals surface area contributed by atoms with Crippen LogP contribution < -0.4 is 15.0 Å². The van der Waals surface area contributed by atoms with E-state index in [0.29, 0.717) is 11.4 Å². The number of carbonyl (C=O) groups is 2. The summed E-state index contributed by atoms with van der Waals surface area (Å²) in [6.07, 6.45) is 0.828. The first-order chi connectivity index (χ1) is 11.6. The van der Waals surface area contributed by atoms with Crippen molar-refractivity contribution in [1.29, 1.82) is 0 Å². The minimum Gasteiger partial charge on any atom is -0.482 e. The van der Waals surface area contributed by atoms with Gasteiger partial charge in [-0.15, -0.1) is 0 Å². The SMILES string of the molecule is CCc1ccccc1NC(=O)CN1C(=O)COc2ccc(C)cc21. The first-order valence-corrected chi connectivity index (χ1v) is 8.00. The smallest absolute Gasteiger partial charge is 0.265 e. The molecule has 2 aromatic carbocycles. The van der Waals surface area contributed by atoms with Gasteiger partial charge in [-0.1, -0.05) is 31.2 Å². The van der Waals surface area contributed by atoms with Gasteiger partial charge < -0.3 is 10.1 Å². The second-order valence-electron chi connectivity index (χ2n) is 5.80. The Morgan fingerprint density at radius 1 is 1.25 bits per heavy atom. The normalized spacial score (nSPS) is 13.2. The molecule has 2 amide bonds. The Morgan fingerprint density at radius 2 is 2.04 bits per heavy atom. The third-order valence-corrected chi connectivity index (χ3v) is 4.03. The van der Waals surface area contributed by atoms with E-state index in [1.54, 1.807) is 0 Å². The highest BCUT2D eigenvalue weighted by Crippen LogP contribution is 2.32. The Bertz CT molecular complexity index is 786. The number of hydrogen-bond acceptors (Lipinski definition) is 3. The summed E-state index contributed by atoms with van der Waals surface area (Å²) in [4.78, 5) is 26.1. The zero-order valence-corrected chi connectivity index (χ0v) is 13.8. The van der Waals surface area contributed by atoms with E-state index in [1.165, 1.54) is 4.90 Å². The summed E-state index contributed by atoms with van der Waals surface area (Å²) in [5.41, 5.74) is 3.50. The molecule has 0 saturated heterocycles. The van der Waals surface area contributed by atoms with E-state index in [2.05, 4.69) is 5.32 Å². The maximum absolute atomic E-state index is 12.4. The summed E-state index contributed by atoms with van der Waals surface area (Å²) in [7, 11) is 0. The van der Waals surface area contributed by atoms with Crippen molar-refractivity contribution in [2.45, 2.75) is 20.3 Å². The summed E-state index contributed by atoms with van der Waals surface area (Å²) in [5, 5.41) is 2.90. The van der Waals surface area contributed by atoms with E-state index in [-0.39, 0.29) is 25.0 Å². The van der Waals surface area contributed by atoms with Crippen molar-refractivity contribution in [2.75, 3.05) is 23.4 Å². The highest BCUT2D eigenvalue weighted by Gasteiger charge is 2.27. The first kappa shape index (κ1) is 16.1. The van der Waals surface area contributed by atoms with Crippen LogP contribution in [0.3, 0.4) is 0 Å². The predicted octanol–water partition coefficient (Wildman–Crippen LogP) is 2.92. The van der Waals surface area contributed by atoms with Crippen molar-refractivity contribution in [2.24, 2.45) is 0 Å². The van der Waals surface area contributed by atoms with Crippen LogP contribution in [0.5, 0.6) is 5.75 Å². The number of amides is 2. The van der Waals surface area contributed by atoms with Gasteiger partial charge in [0, 0.05) is 5.69 Å². The molecule has 0 fully saturated rings. The third-order valence-electron chi connectivity index (χ3n) is 4.03. The van der Waals surface area contributed by atoms with Crippen LogP contribution in [-0.2, 0) is 16.0 Å². The first-order valence-electron chi connectivity index (χ1n) is 8.00. The molecule has 5 heteroatoms. The van der Waals surface area contributed by atoms with Gasteiger partial charge in [-0.3, -0.25) is 14.5 Å². The number of aryl methyl sites for hydroxylation is 2. The summed E-state index contributed by atoms with van der Waals surface area (Å²) in [6.45, 7) is 3.90. The Balaban J connectivity index is 1.79. The molecule has 0 bridgehead atoms. The van der Waals surface area contributed by atoms with Crippen LogP contribution >= 0.6 is 0 Å². The summed E-state index contributed by atoms with van der Waals surface area (Å²) in [6, 6.07) is 13.3. The standard InChI is InChI=1S/C19H20N2O3/c1-3-14-6-4-5-7-15(14)20-18(22)11-21-16-10-13(2)8-9-17(16)24-12-19(21)23/h4-10H,3,11-12H2,1-2H3,(H,20,22). The van der Waals surface area contributed by atoms with Gasteiger partial charge in [0.1, 0.15) is 12.3 Å². The number of nitrogens with one attached hydrogen (secondary N) is 1. The molecule has 0 spiro atoms. The molecule has 24 heavy (non-hydrogen) atoms. The number of rotatable bonds is 4. The minimum absolute atomic E-state index is 0.0311. The molecule has 0 unspecified atom stereocenters. The van der Waals surface area contributed by atoms with Crippen LogP contribution in [0.15, 0.2) is 42.5 Å². The average molecular weight is 324 g/mol. The number of anilines is 2. The topological polar surface area (TPSA) is 58.6 Å². The fourth-order valence-corrected chi connectivity index (χ4v) is 2.77. The second kappa shape index (κ2) is 6.74. The second-order valence-corrected chi connectivity index (χ2v) is 5.80. The molecular weight excluding hydrogens is 304 g/mol. The van der Waals surface area contributed by atoms with Crippen molar-refractivity contribution in [1.82, 2.24) is 0 Å². The maximum Gasteiger partial charge on any atom is 0.265 e. The fraction of sp³-hybridized carbons (Fsp3) is 0.263. The molecule has 0 saturated carbocycles. The lowest BCUT2D eigenvalue weighted by Crippen LogP contribution is -2.43. The van der Waals surface area contributed by atoms with E-state index in [1.807, 2.05) is 56.3 Å². The van der Waals surface area contributed by atoms with Gasteiger partial charge in [0.15, 0.2) is 6.61 Å². The van der Waals surface area contributed by atoms with E-state index < -0.39 is 0 Å². The van der Waals surface area contributed by atoms with Gasteiger partial charge in [0.05, 0.1) is 5.69 Å². The van der Waals surface area contributed by atoms with Gasteiger partial charge in [-0.2, -0.15) is 0 Å². The van der Waals surface area contributed by atoms with Crippen molar-refractivity contribution < 1.29 is 14.3 Å². The van der Waals surface area contributed by atoms with Crippen LogP contribution in [0.2, 0.25) is 0 Å². The number of ether oxygens (including phenoxy) is 1. The molecule has 0 atom stereocenters. The number of para-hydroxylation sites is 1. The molecule has 2 aromatic rings. The van der Waals surface area contributed by atoms with Crippen LogP contribution in [0.25, 0.3) is 0 Å². The number of carbonyl (C=O) groups excluding carboxylic acids is 2. The van der Waals surface area contributed by atoms with Crippen LogP contribution in [-0.4, -0.2) is 25.0 Å². The van der Waals surface area contributed by atoms with Crippen LogP contribution in [0.1, 0.15) is 18.1 Å². The van der Waals surface area contributed by atoms with Gasteiger partial charge in [0.25, 0.3) is 5.91 Å². The molecule has 1 aliphatic heterocycles. The Morgan fingerprint density at radius 3 is 2.83 bits per heavy atom. The molecule has 0 aliphatic carbocycles. The molecule has 0 radical (unpaired) electrons. The summed E-state index contributed by atoms with van der Waals surface area (Å²) >= 11 is 0. The van der Waals surface area contributed by atoms with Crippen molar-refractivity contribution in [3.05, 3.63) is 53.6 Å². The Kier molecular flexibility index (Phi) is 4.51. The molecule has 1 N–H and O–H groups in total. The van der Waals surface area contributed by atoms with Crippen molar-refractivity contribution in [3.63, 3.8) is 0 Å². The molecule has 5 nitrogen and oxygen atoms in total. The lowest BCUT2D eigenvalue weighted by Gasteiger charge is -2.29. The zero-order chi connectivity index (χ0) is 17.1. The van der Waals surface area contributed by atoms with Gasteiger partial charge >= 0.3 is 0 Å². The fourth-order valence-electron chi connectivity index (χ4n) is 2.77. The van der Waals surface area contributed by atoms with E-state index in [4.69, 9.17) is 4.74 Å². The highest BCUT2D eigenvalue weighted by molar-refractivity contribution is 6.05. The Labute approximate surface area is 141 Å². The molecular formula is C19H20N2O3. The number of benzene rings is 2. The molecule has 1 aliphatic rings. The highest BCUT2D eigenvalue weighted by atomic mass is 16.5. The van der Waals surface area contributed by atoms with E-state index in [9.17, 15) is 9.59 Å². The summed E-state index contributed by atoms with van der Waals surface area (Å²) in [5.74, 6) is 0.188. The Hall–Kier alpha value is -2.82.